The van der Waals surface area contributed by atoms with Gasteiger partial charge >= 0.3 is 0 Å². The predicted octanol–water partition coefficient (Wildman–Crippen LogP) is 0.591. The van der Waals surface area contributed by atoms with Gasteiger partial charge in [-0.3, -0.25) is 5.43 Å². The molecule has 1 N–H and O–H groups in total. The first-order valence-corrected chi connectivity index (χ1v) is 3.13. The number of hydrogen-bond donors (Lipinski definition) is 1. The number of nitrogens with zero attached hydrogens (tertiary/aromatic N) is 2. The molecular weight excluding hydrogens is 114 g/mol. The van der Waals surface area contributed by atoms with Gasteiger partial charge in [0.25, 0.3) is 0 Å². The van der Waals surface area contributed by atoms with Crippen LogP contribution in [-0.2, 0) is 0 Å². The van der Waals surface area contributed by atoms with Crippen molar-refractivity contribution >= 4 is 6.34 Å². The first kappa shape index (κ1) is 6.39. The minimum atomic E-state index is 0.201. The van der Waals surface area contributed by atoms with Crippen LogP contribution >= 0.6 is 0 Å². The van der Waals surface area contributed by atoms with Crippen LogP contribution < -0.4 is 5.43 Å². The Labute approximate surface area is 55.7 Å². The lowest BCUT2D eigenvalue weighted by atomic mass is 10.1. The van der Waals surface area contributed by atoms with Crippen LogP contribution in [0.4, 0.5) is 0 Å². The molecule has 0 fully saturated rings. The van der Waals surface area contributed by atoms with Gasteiger partial charge in [-0.1, -0.05) is 0 Å². The normalized spacial score (nSPS) is 18.3. The van der Waals surface area contributed by atoms with E-state index in [4.69, 9.17) is 0 Å². The predicted molar refractivity (Wildman–Crippen MR) is 38.1 cm³/mol. The van der Waals surface area contributed by atoms with Crippen LogP contribution in [0.25, 0.3) is 0 Å². The second kappa shape index (κ2) is 1.90. The summed E-state index contributed by atoms with van der Waals surface area (Å²) in [6.45, 7) is 7.31. The van der Waals surface area contributed by atoms with Gasteiger partial charge in [0.05, 0.1) is 0 Å². The van der Waals surface area contributed by atoms with Gasteiger partial charge in [-0.15, -0.1) is 0 Å². The van der Waals surface area contributed by atoms with Gasteiger partial charge < -0.3 is 4.90 Å². The van der Waals surface area contributed by atoms with Crippen LogP contribution in [0.3, 0.4) is 0 Å². The fraction of sp³-hybridized carbons (Fsp3) is 0.833. The van der Waals surface area contributed by atoms with Crippen molar-refractivity contribution in [3.8, 4) is 0 Å². The molecule has 3 heteroatoms. The highest BCUT2D eigenvalue weighted by molar-refractivity contribution is 5.57. The summed E-state index contributed by atoms with van der Waals surface area (Å²) in [5, 5.41) is 3.88. The second-order valence-electron chi connectivity index (χ2n) is 3.20. The molecule has 0 aromatic rings. The zero-order valence-corrected chi connectivity index (χ0v) is 6.18. The largest absolute Gasteiger partial charge is 0.337 e. The van der Waals surface area contributed by atoms with Gasteiger partial charge in [0.15, 0.2) is 0 Å². The van der Waals surface area contributed by atoms with Gasteiger partial charge in [0.2, 0.25) is 0 Å². The first-order chi connectivity index (χ1) is 4.11. The van der Waals surface area contributed by atoms with Crippen LogP contribution in [0.5, 0.6) is 0 Å². The summed E-state index contributed by atoms with van der Waals surface area (Å²) in [7, 11) is 0. The molecule has 0 aromatic heterocycles. The lowest BCUT2D eigenvalue weighted by Gasteiger charge is -2.29. The van der Waals surface area contributed by atoms with E-state index in [-0.39, 0.29) is 5.54 Å². The summed E-state index contributed by atoms with van der Waals surface area (Å²) in [4.78, 5) is 2.15. The second-order valence-corrected chi connectivity index (χ2v) is 3.20. The van der Waals surface area contributed by atoms with E-state index < -0.39 is 0 Å². The topological polar surface area (TPSA) is 27.6 Å². The number of hydrazone groups is 1. The van der Waals surface area contributed by atoms with Crippen molar-refractivity contribution in [1.29, 1.82) is 0 Å². The summed E-state index contributed by atoms with van der Waals surface area (Å²) in [6, 6.07) is 0. The smallest absolute Gasteiger partial charge is 0.113 e. The molecule has 9 heavy (non-hydrogen) atoms. The number of nitrogens with one attached hydrogen (secondary N) is 1. The Morgan fingerprint density at radius 1 is 1.56 bits per heavy atom. The maximum atomic E-state index is 3.88. The van der Waals surface area contributed by atoms with Crippen molar-refractivity contribution in [2.45, 2.75) is 26.3 Å². The van der Waals surface area contributed by atoms with Gasteiger partial charge in [0, 0.05) is 5.54 Å². The number of rotatable bonds is 0. The highest BCUT2D eigenvalue weighted by atomic mass is 15.5. The van der Waals surface area contributed by atoms with E-state index in [0.29, 0.717) is 0 Å². The molecule has 0 saturated heterocycles. The molecule has 1 aliphatic heterocycles. The molecule has 0 unspecified atom stereocenters. The zero-order valence-electron chi connectivity index (χ0n) is 6.18. The van der Waals surface area contributed by atoms with Gasteiger partial charge in [-0.25, -0.2) is 0 Å². The molecule has 0 aliphatic carbocycles. The molecule has 1 heterocycles. The molecule has 1 rings (SSSR count). The molecule has 0 bridgehead atoms. The molecular formula is C6H13N3. The average Bonchev–Trinajstić information content (AvgIpc) is 2.08. The third-order valence-corrected chi connectivity index (χ3v) is 1.39. The van der Waals surface area contributed by atoms with Crippen molar-refractivity contribution in [3.63, 3.8) is 0 Å². The maximum Gasteiger partial charge on any atom is 0.113 e. The Morgan fingerprint density at radius 2 is 2.22 bits per heavy atom. The van der Waals surface area contributed by atoms with E-state index in [0.717, 1.165) is 6.67 Å². The Kier molecular flexibility index (Phi) is 1.35. The molecule has 1 aliphatic rings. The van der Waals surface area contributed by atoms with E-state index in [2.05, 4.69) is 36.2 Å². The summed E-state index contributed by atoms with van der Waals surface area (Å²) in [5.41, 5.74) is 3.08. The van der Waals surface area contributed by atoms with Crippen LogP contribution in [-0.4, -0.2) is 23.4 Å². The summed E-state index contributed by atoms with van der Waals surface area (Å²) in [6.07, 6.45) is 1.83. The monoisotopic (exact) mass is 127 g/mol. The van der Waals surface area contributed by atoms with Gasteiger partial charge in [0.1, 0.15) is 13.0 Å². The highest BCUT2D eigenvalue weighted by Gasteiger charge is 2.19. The van der Waals surface area contributed by atoms with Crippen molar-refractivity contribution in [3.05, 3.63) is 0 Å². The van der Waals surface area contributed by atoms with Crippen LogP contribution in [0.1, 0.15) is 20.8 Å². The molecule has 0 saturated carbocycles. The molecule has 0 atom stereocenters. The lowest BCUT2D eigenvalue weighted by Crippen LogP contribution is -2.40. The van der Waals surface area contributed by atoms with Gasteiger partial charge in [-0.05, 0) is 20.8 Å². The quantitative estimate of drug-likeness (QED) is 0.515. The van der Waals surface area contributed by atoms with Crippen molar-refractivity contribution in [1.82, 2.24) is 10.3 Å². The minimum Gasteiger partial charge on any atom is -0.337 e. The van der Waals surface area contributed by atoms with E-state index in [9.17, 15) is 0 Å². The van der Waals surface area contributed by atoms with E-state index in [1.165, 1.54) is 0 Å². The molecule has 3 nitrogen and oxygen atoms in total. The Bertz CT molecular complexity index is 123. The Morgan fingerprint density at radius 3 is 2.44 bits per heavy atom. The van der Waals surface area contributed by atoms with E-state index >= 15 is 0 Å². The third-order valence-electron chi connectivity index (χ3n) is 1.39. The first-order valence-electron chi connectivity index (χ1n) is 3.13. The van der Waals surface area contributed by atoms with Gasteiger partial charge in [-0.2, -0.15) is 5.10 Å². The SMILES string of the molecule is CC(C)(C)N1C=NNC1. The Balaban J connectivity index is 2.53. The van der Waals surface area contributed by atoms with E-state index in [1.54, 1.807) is 0 Å². The molecule has 0 amide bonds. The average molecular weight is 127 g/mol. The zero-order chi connectivity index (χ0) is 6.91. The van der Waals surface area contributed by atoms with Crippen LogP contribution in [0.15, 0.2) is 5.10 Å². The molecule has 52 valence electrons. The van der Waals surface area contributed by atoms with Crippen molar-refractivity contribution in [2.75, 3.05) is 6.67 Å². The summed E-state index contributed by atoms with van der Waals surface area (Å²) in [5.74, 6) is 0. The van der Waals surface area contributed by atoms with Crippen molar-refractivity contribution in [2.24, 2.45) is 5.10 Å². The van der Waals surface area contributed by atoms with Crippen LogP contribution in [0, 0.1) is 0 Å². The highest BCUT2D eigenvalue weighted by Crippen LogP contribution is 2.10. The fourth-order valence-corrected chi connectivity index (χ4v) is 0.679. The maximum absolute atomic E-state index is 3.88. The summed E-state index contributed by atoms with van der Waals surface area (Å²) >= 11 is 0. The minimum absolute atomic E-state index is 0.201. The van der Waals surface area contributed by atoms with Crippen LogP contribution in [0.2, 0.25) is 0 Å². The fourth-order valence-electron chi connectivity index (χ4n) is 0.679. The third kappa shape index (κ3) is 1.34. The molecule has 0 spiro atoms. The van der Waals surface area contributed by atoms with E-state index in [1.807, 2.05) is 6.34 Å². The standard InChI is InChI=1S/C6H13N3/c1-6(2,3)9-4-7-8-5-9/h4,8H,5H2,1-3H3. The Hall–Kier alpha value is -0.730. The molecule has 0 aromatic carbocycles. The lowest BCUT2D eigenvalue weighted by molar-refractivity contribution is 0.250. The molecule has 0 radical (unpaired) electrons. The summed E-state index contributed by atoms with van der Waals surface area (Å²) < 4.78 is 0. The number of hydrogen-bond acceptors (Lipinski definition) is 3. The van der Waals surface area contributed by atoms with Crippen molar-refractivity contribution < 1.29 is 0 Å².